The third kappa shape index (κ3) is 3.79. The van der Waals surface area contributed by atoms with Crippen molar-refractivity contribution < 1.29 is 9.53 Å². The number of hydrogen-bond donors (Lipinski definition) is 1. The van der Waals surface area contributed by atoms with Gasteiger partial charge in [-0.15, -0.1) is 0 Å². The van der Waals surface area contributed by atoms with Gasteiger partial charge in [-0.3, -0.25) is 4.79 Å². The molecule has 4 heteroatoms. The lowest BCUT2D eigenvalue weighted by Gasteiger charge is -2.12. The van der Waals surface area contributed by atoms with Crippen molar-refractivity contribution in [2.45, 2.75) is 6.92 Å². The number of para-hydroxylation sites is 1. The summed E-state index contributed by atoms with van der Waals surface area (Å²) >= 11 is 0. The van der Waals surface area contributed by atoms with E-state index in [1.54, 1.807) is 0 Å². The fraction of sp³-hybridized carbons (Fsp3) is 0.0714. The molecule has 1 amide bonds. The lowest BCUT2D eigenvalue weighted by Crippen LogP contribution is -2.13. The second kappa shape index (κ2) is 8.52. The van der Waals surface area contributed by atoms with Crippen LogP contribution in [0.2, 0.25) is 0 Å². The van der Waals surface area contributed by atoms with Crippen LogP contribution in [0.1, 0.15) is 17.3 Å². The van der Waals surface area contributed by atoms with Crippen LogP contribution < -0.4 is 10.1 Å². The molecule has 0 bridgehead atoms. The van der Waals surface area contributed by atoms with Gasteiger partial charge >= 0.3 is 0 Å². The van der Waals surface area contributed by atoms with Crippen LogP contribution in [0.5, 0.6) is 5.75 Å². The van der Waals surface area contributed by atoms with Crippen LogP contribution in [0, 0.1) is 0 Å². The molecule has 0 aliphatic heterocycles. The maximum Gasteiger partial charge on any atom is 0.256 e. The molecule has 0 unspecified atom stereocenters. The highest BCUT2D eigenvalue weighted by atomic mass is 16.5. The van der Waals surface area contributed by atoms with Crippen LogP contribution in [0.3, 0.4) is 0 Å². The van der Waals surface area contributed by atoms with Crippen molar-refractivity contribution in [2.24, 2.45) is 0 Å². The molecule has 0 atom stereocenters. The normalized spacial score (nSPS) is 10.9. The van der Waals surface area contributed by atoms with E-state index in [1.165, 1.54) is 0 Å². The summed E-state index contributed by atoms with van der Waals surface area (Å²) in [7, 11) is 0. The van der Waals surface area contributed by atoms with Gasteiger partial charge in [-0.1, -0.05) is 54.6 Å². The summed E-state index contributed by atoms with van der Waals surface area (Å²) < 4.78 is 5.55. The van der Waals surface area contributed by atoms with Crippen molar-refractivity contribution in [1.29, 1.82) is 0 Å². The summed E-state index contributed by atoms with van der Waals surface area (Å²) in [6, 6.07) is 31.3. The first-order chi connectivity index (χ1) is 15.7. The predicted octanol–water partition coefficient (Wildman–Crippen LogP) is 6.71. The van der Waals surface area contributed by atoms with Crippen LogP contribution in [-0.2, 0) is 0 Å². The van der Waals surface area contributed by atoms with E-state index in [1.807, 2.05) is 104 Å². The highest BCUT2D eigenvalue weighted by Gasteiger charge is 2.15. The second-order valence-electron chi connectivity index (χ2n) is 7.51. The Labute approximate surface area is 186 Å². The maximum atomic E-state index is 13.4. The fourth-order valence-electron chi connectivity index (χ4n) is 3.92. The molecule has 32 heavy (non-hydrogen) atoms. The SMILES string of the molecule is CCOc1ccc(-c2cc(C(=O)Nc3cccc4ccccc34)c3ccccc3n2)cc1. The molecule has 4 nitrogen and oxygen atoms in total. The molecule has 0 fully saturated rings. The van der Waals surface area contributed by atoms with Gasteiger partial charge in [-0.05, 0) is 54.8 Å². The van der Waals surface area contributed by atoms with Crippen molar-refractivity contribution in [3.05, 3.63) is 103 Å². The number of amides is 1. The monoisotopic (exact) mass is 418 g/mol. The maximum absolute atomic E-state index is 13.4. The quantitative estimate of drug-likeness (QED) is 0.345. The number of rotatable bonds is 5. The first kappa shape index (κ1) is 19.8. The number of benzene rings is 4. The van der Waals surface area contributed by atoms with Crippen LogP contribution in [0.25, 0.3) is 32.9 Å². The number of hydrogen-bond acceptors (Lipinski definition) is 3. The Bertz CT molecular complexity index is 1420. The summed E-state index contributed by atoms with van der Waals surface area (Å²) in [5.74, 6) is 0.651. The minimum atomic E-state index is -0.160. The van der Waals surface area contributed by atoms with Gasteiger partial charge in [-0.25, -0.2) is 4.98 Å². The lowest BCUT2D eigenvalue weighted by atomic mass is 10.0. The third-order valence-corrected chi connectivity index (χ3v) is 5.46. The highest BCUT2D eigenvalue weighted by molar-refractivity contribution is 6.15. The average Bonchev–Trinajstić information content (AvgIpc) is 2.84. The summed E-state index contributed by atoms with van der Waals surface area (Å²) in [4.78, 5) is 18.2. The number of pyridine rings is 1. The van der Waals surface area contributed by atoms with Gasteiger partial charge in [0.05, 0.1) is 23.4 Å². The van der Waals surface area contributed by atoms with E-state index in [0.717, 1.165) is 44.4 Å². The van der Waals surface area contributed by atoms with E-state index in [9.17, 15) is 4.79 Å². The molecule has 0 aliphatic carbocycles. The van der Waals surface area contributed by atoms with Crippen LogP contribution in [0.4, 0.5) is 5.69 Å². The number of nitrogens with zero attached hydrogens (tertiary/aromatic N) is 1. The minimum Gasteiger partial charge on any atom is -0.494 e. The van der Waals surface area contributed by atoms with Gasteiger partial charge in [-0.2, -0.15) is 0 Å². The van der Waals surface area contributed by atoms with Crippen LogP contribution in [-0.4, -0.2) is 17.5 Å². The zero-order valence-corrected chi connectivity index (χ0v) is 17.7. The molecule has 1 N–H and O–H groups in total. The van der Waals surface area contributed by atoms with Gasteiger partial charge in [0.25, 0.3) is 5.91 Å². The smallest absolute Gasteiger partial charge is 0.256 e. The molecule has 4 aromatic carbocycles. The van der Waals surface area contributed by atoms with Gasteiger partial charge in [0.15, 0.2) is 0 Å². The Balaban J connectivity index is 1.57. The van der Waals surface area contributed by atoms with Gasteiger partial charge < -0.3 is 10.1 Å². The van der Waals surface area contributed by atoms with E-state index in [2.05, 4.69) is 5.32 Å². The van der Waals surface area contributed by atoms with Crippen LogP contribution in [0.15, 0.2) is 97.1 Å². The predicted molar refractivity (Wildman–Crippen MR) is 130 cm³/mol. The Morgan fingerprint density at radius 2 is 1.56 bits per heavy atom. The third-order valence-electron chi connectivity index (χ3n) is 5.46. The number of carbonyl (C=O) groups excluding carboxylic acids is 1. The Kier molecular flexibility index (Phi) is 5.26. The number of nitrogens with one attached hydrogen (secondary N) is 1. The fourth-order valence-corrected chi connectivity index (χ4v) is 3.92. The number of anilines is 1. The van der Waals surface area contributed by atoms with E-state index < -0.39 is 0 Å². The van der Waals surface area contributed by atoms with E-state index in [0.29, 0.717) is 12.2 Å². The van der Waals surface area contributed by atoms with Gasteiger partial charge in [0, 0.05) is 22.0 Å². The van der Waals surface area contributed by atoms with Gasteiger partial charge in [0.1, 0.15) is 5.75 Å². The molecule has 1 heterocycles. The van der Waals surface area contributed by atoms with E-state index in [4.69, 9.17) is 9.72 Å². The van der Waals surface area contributed by atoms with E-state index >= 15 is 0 Å². The summed E-state index contributed by atoms with van der Waals surface area (Å²) in [6.45, 7) is 2.58. The lowest BCUT2D eigenvalue weighted by molar-refractivity contribution is 0.102. The molecule has 5 rings (SSSR count). The zero-order valence-electron chi connectivity index (χ0n) is 17.7. The van der Waals surface area contributed by atoms with Crippen molar-refractivity contribution in [3.63, 3.8) is 0 Å². The summed E-state index contributed by atoms with van der Waals surface area (Å²) in [5.41, 5.74) is 3.83. The molecular formula is C28H22N2O2. The number of aromatic nitrogens is 1. The zero-order chi connectivity index (χ0) is 21.9. The summed E-state index contributed by atoms with van der Waals surface area (Å²) in [6.07, 6.45) is 0. The number of fused-ring (bicyclic) bond motifs is 2. The molecule has 0 spiro atoms. The second-order valence-corrected chi connectivity index (χ2v) is 7.51. The minimum absolute atomic E-state index is 0.160. The van der Waals surface area contributed by atoms with Crippen molar-refractivity contribution >= 4 is 33.3 Å². The Hall–Kier alpha value is -4.18. The number of ether oxygens (including phenoxy) is 1. The molecule has 0 saturated heterocycles. The van der Waals surface area contributed by atoms with E-state index in [-0.39, 0.29) is 5.91 Å². The first-order valence-electron chi connectivity index (χ1n) is 10.6. The average molecular weight is 418 g/mol. The molecular weight excluding hydrogens is 396 g/mol. The molecule has 156 valence electrons. The largest absolute Gasteiger partial charge is 0.494 e. The molecule has 0 radical (unpaired) electrons. The molecule has 0 saturated carbocycles. The topological polar surface area (TPSA) is 51.2 Å². The van der Waals surface area contributed by atoms with Crippen LogP contribution >= 0.6 is 0 Å². The summed E-state index contributed by atoms with van der Waals surface area (Å²) in [5, 5.41) is 6.02. The first-order valence-corrected chi connectivity index (χ1v) is 10.6. The molecule has 5 aromatic rings. The molecule has 1 aromatic heterocycles. The number of carbonyl (C=O) groups is 1. The molecule has 0 aliphatic rings. The Morgan fingerprint density at radius 3 is 2.38 bits per heavy atom. The standard InChI is InChI=1S/C28H22N2O2/c1-2-32-21-16-14-20(15-17-21)27-18-24(23-11-5-6-12-26(23)29-27)28(31)30-25-13-7-9-19-8-3-4-10-22(19)25/h3-18H,2H2,1H3,(H,30,31). The highest BCUT2D eigenvalue weighted by Crippen LogP contribution is 2.28. The van der Waals surface area contributed by atoms with Crippen molar-refractivity contribution in [1.82, 2.24) is 4.98 Å². The van der Waals surface area contributed by atoms with Crippen molar-refractivity contribution in [2.75, 3.05) is 11.9 Å². The Morgan fingerprint density at radius 1 is 0.844 bits per heavy atom. The van der Waals surface area contributed by atoms with Crippen molar-refractivity contribution in [3.8, 4) is 17.0 Å². The van der Waals surface area contributed by atoms with Gasteiger partial charge in [0.2, 0.25) is 0 Å².